The summed E-state index contributed by atoms with van der Waals surface area (Å²) < 4.78 is 9.60. The molecule has 3 aromatic carbocycles. The number of nitrogens with zero attached hydrogens (tertiary/aromatic N) is 6. The summed E-state index contributed by atoms with van der Waals surface area (Å²) in [6.07, 6.45) is 5.36. The van der Waals surface area contributed by atoms with Crippen LogP contribution in [0.25, 0.3) is 44.6 Å². The van der Waals surface area contributed by atoms with Crippen LogP contribution in [0.3, 0.4) is 0 Å². The molecule has 4 atom stereocenters. The van der Waals surface area contributed by atoms with Gasteiger partial charge in [0.25, 0.3) is 5.91 Å². The summed E-state index contributed by atoms with van der Waals surface area (Å²) in [7, 11) is 2.56. The lowest BCUT2D eigenvalue weighted by molar-refractivity contribution is -0.135. The number of amides is 4. The number of benzene rings is 3. The smallest absolute Gasteiger partial charge is 0.407 e. The normalized spacial score (nSPS) is 17.6. The fourth-order valence-electron chi connectivity index (χ4n) is 8.10. The maximum absolute atomic E-state index is 14.0. The first-order chi connectivity index (χ1) is 28.6. The van der Waals surface area contributed by atoms with Crippen molar-refractivity contribution in [2.75, 3.05) is 27.3 Å². The van der Waals surface area contributed by atoms with Gasteiger partial charge in [-0.1, -0.05) is 50.2 Å². The van der Waals surface area contributed by atoms with Crippen molar-refractivity contribution in [2.45, 2.75) is 63.7 Å². The molecule has 0 aliphatic carbocycles. The fraction of sp³-hybridized carbons (Fsp3) is 0.349. The molecular formula is C43H46N10O6. The zero-order chi connectivity index (χ0) is 41.2. The van der Waals surface area contributed by atoms with Gasteiger partial charge in [0.2, 0.25) is 5.91 Å². The lowest BCUT2D eigenvalue weighted by Gasteiger charge is -2.29. The van der Waals surface area contributed by atoms with E-state index < -0.39 is 24.3 Å². The number of nitrogens with one attached hydrogen (secondary N) is 4. The molecule has 2 fully saturated rings. The van der Waals surface area contributed by atoms with Crippen molar-refractivity contribution in [3.63, 3.8) is 0 Å². The first-order valence-corrected chi connectivity index (χ1v) is 19.8. The number of aromatic nitrogens is 6. The molecule has 4 amide bonds. The summed E-state index contributed by atoms with van der Waals surface area (Å²) in [4.78, 5) is 81.4. The van der Waals surface area contributed by atoms with Gasteiger partial charge in [-0.25, -0.2) is 29.5 Å². The Morgan fingerprint density at radius 3 is 1.81 bits per heavy atom. The molecule has 4 N–H and O–H groups in total. The maximum atomic E-state index is 14.0. The quantitative estimate of drug-likeness (QED) is 0.121. The van der Waals surface area contributed by atoms with E-state index in [-0.39, 0.29) is 29.8 Å². The number of aromatic amines is 2. The van der Waals surface area contributed by atoms with Gasteiger partial charge in [0.05, 0.1) is 48.4 Å². The zero-order valence-electron chi connectivity index (χ0n) is 33.3. The van der Waals surface area contributed by atoms with E-state index in [0.29, 0.717) is 36.1 Å². The van der Waals surface area contributed by atoms with Crippen LogP contribution in [0.2, 0.25) is 0 Å². The number of fused-ring (bicyclic) bond motifs is 2. The van der Waals surface area contributed by atoms with Crippen LogP contribution in [-0.2, 0) is 19.1 Å². The first-order valence-electron chi connectivity index (χ1n) is 19.8. The molecular weight excluding hydrogens is 753 g/mol. The summed E-state index contributed by atoms with van der Waals surface area (Å²) in [5.74, 6) is 1.40. The summed E-state index contributed by atoms with van der Waals surface area (Å²) >= 11 is 0. The third-order valence-electron chi connectivity index (χ3n) is 11.2. The Kier molecular flexibility index (Phi) is 10.9. The molecule has 2 saturated heterocycles. The van der Waals surface area contributed by atoms with E-state index in [1.807, 2.05) is 80.6 Å². The summed E-state index contributed by atoms with van der Waals surface area (Å²) in [6.45, 7) is 4.89. The molecule has 0 radical (unpaired) electrons. The van der Waals surface area contributed by atoms with Gasteiger partial charge in [-0.3, -0.25) is 9.59 Å². The Balaban J connectivity index is 0.980. The van der Waals surface area contributed by atoms with E-state index in [0.717, 1.165) is 64.4 Å². The minimum atomic E-state index is -0.902. The summed E-state index contributed by atoms with van der Waals surface area (Å²) in [6, 6.07) is 18.7. The van der Waals surface area contributed by atoms with E-state index in [1.54, 1.807) is 22.2 Å². The summed E-state index contributed by atoms with van der Waals surface area (Å²) in [5, 5.41) is 5.40. The zero-order valence-corrected chi connectivity index (χ0v) is 33.3. The van der Waals surface area contributed by atoms with Crippen molar-refractivity contribution in [3.05, 3.63) is 96.3 Å². The van der Waals surface area contributed by atoms with Crippen molar-refractivity contribution in [3.8, 4) is 22.5 Å². The lowest BCUT2D eigenvalue weighted by atomic mass is 10.0. The van der Waals surface area contributed by atoms with Crippen molar-refractivity contribution < 1.29 is 28.7 Å². The van der Waals surface area contributed by atoms with Gasteiger partial charge in [0.1, 0.15) is 23.7 Å². The highest BCUT2D eigenvalue weighted by molar-refractivity contribution is 5.89. The van der Waals surface area contributed by atoms with Gasteiger partial charge in [-0.05, 0) is 73.1 Å². The maximum Gasteiger partial charge on any atom is 0.407 e. The van der Waals surface area contributed by atoms with Crippen LogP contribution in [0.4, 0.5) is 9.59 Å². The van der Waals surface area contributed by atoms with E-state index in [4.69, 9.17) is 29.4 Å². The summed E-state index contributed by atoms with van der Waals surface area (Å²) in [5.41, 5.74) is 6.34. The number of likely N-dealkylation sites (tertiary alicyclic amines) is 2. The van der Waals surface area contributed by atoms with Crippen molar-refractivity contribution in [1.82, 2.24) is 50.3 Å². The average Bonchev–Trinajstić information content (AvgIpc) is 4.09. The molecule has 0 spiro atoms. The number of hydrogen-bond donors (Lipinski definition) is 4. The highest BCUT2D eigenvalue weighted by atomic mass is 16.5. The van der Waals surface area contributed by atoms with E-state index >= 15 is 0 Å². The number of imidazole rings is 2. The number of ether oxygens (including phenoxy) is 2. The van der Waals surface area contributed by atoms with E-state index in [9.17, 15) is 19.2 Å². The van der Waals surface area contributed by atoms with Crippen LogP contribution in [0.5, 0.6) is 0 Å². The van der Waals surface area contributed by atoms with Gasteiger partial charge < -0.3 is 39.9 Å². The Labute approximate surface area is 340 Å². The first kappa shape index (κ1) is 39.0. The van der Waals surface area contributed by atoms with Crippen molar-refractivity contribution >= 4 is 46.1 Å². The number of hydrogen-bond acceptors (Lipinski definition) is 10. The monoisotopic (exact) mass is 798 g/mol. The van der Waals surface area contributed by atoms with Gasteiger partial charge in [0, 0.05) is 36.6 Å². The standard InChI is InChI=1S/C43H46N10O6/c1-24(2)35(50-42(56)58-3)40(54)52-18-8-12-33(52)38-46-29-16-14-26(20-31(29)48-38)28-22-44-37(45-23-28)27-15-17-30-32(21-27)49-39(47-30)34-13-9-19-53(34)41(55)36(51-43(57)59-4)25-10-6-5-7-11-25/h5-7,10-11,14-17,20-24,33-36H,8-9,12-13,18-19H2,1-4H3,(H,46,48)(H,47,49)(H,50,56)(H,51,57)/t33-,34-,35-,36+/m0/s1. The Morgan fingerprint density at radius 2 is 1.24 bits per heavy atom. The Bertz CT molecular complexity index is 2500. The number of carbonyl (C=O) groups is 4. The Morgan fingerprint density at radius 1 is 0.695 bits per heavy atom. The van der Waals surface area contributed by atoms with Gasteiger partial charge >= 0.3 is 12.2 Å². The molecule has 304 valence electrons. The van der Waals surface area contributed by atoms with Gasteiger partial charge in [-0.15, -0.1) is 0 Å². The number of H-pyrrole nitrogens is 2. The van der Waals surface area contributed by atoms with Crippen LogP contribution in [0.1, 0.15) is 74.9 Å². The topological polar surface area (TPSA) is 200 Å². The molecule has 5 heterocycles. The molecule has 0 unspecified atom stereocenters. The molecule has 59 heavy (non-hydrogen) atoms. The van der Waals surface area contributed by atoms with E-state index in [2.05, 4.69) is 20.6 Å². The van der Waals surface area contributed by atoms with E-state index in [1.165, 1.54) is 14.2 Å². The minimum Gasteiger partial charge on any atom is -0.453 e. The largest absolute Gasteiger partial charge is 0.453 e. The van der Waals surface area contributed by atoms with Crippen molar-refractivity contribution in [1.29, 1.82) is 0 Å². The third-order valence-corrected chi connectivity index (χ3v) is 11.2. The highest BCUT2D eigenvalue weighted by Gasteiger charge is 2.39. The molecule has 0 saturated carbocycles. The minimum absolute atomic E-state index is 0.123. The second-order valence-corrected chi connectivity index (χ2v) is 15.2. The molecule has 6 aromatic rings. The second kappa shape index (κ2) is 16.6. The number of methoxy groups -OCH3 is 2. The molecule has 2 aliphatic rings. The highest BCUT2D eigenvalue weighted by Crippen LogP contribution is 2.36. The molecule has 8 rings (SSSR count). The lowest BCUT2D eigenvalue weighted by Crippen LogP contribution is -2.51. The van der Waals surface area contributed by atoms with Crippen molar-refractivity contribution in [2.24, 2.45) is 5.92 Å². The average molecular weight is 799 g/mol. The molecule has 16 heteroatoms. The molecule has 2 aliphatic heterocycles. The Hall–Kier alpha value is -6.84. The SMILES string of the molecule is COC(=O)N[C@H](C(=O)N1CCC[C@H]1c1nc2ccc(-c3cnc(-c4ccc5nc([C@@H]6CCCN6C(=O)[C@H](NC(=O)OC)c6ccccc6)[nH]c5c4)nc3)cc2[nH]1)C(C)C. The number of carbonyl (C=O) groups excluding carboxylic acids is 4. The van der Waals surface area contributed by atoms with Gasteiger partial charge in [0.15, 0.2) is 5.82 Å². The number of alkyl carbamates (subject to hydrolysis) is 2. The third kappa shape index (κ3) is 7.89. The van der Waals surface area contributed by atoms with Crippen LogP contribution in [-0.4, -0.2) is 97.1 Å². The van der Waals surface area contributed by atoms with Crippen LogP contribution in [0, 0.1) is 5.92 Å². The van der Waals surface area contributed by atoms with Gasteiger partial charge in [-0.2, -0.15) is 0 Å². The van der Waals surface area contributed by atoms with Crippen LogP contribution < -0.4 is 10.6 Å². The molecule has 0 bridgehead atoms. The van der Waals surface area contributed by atoms with Crippen LogP contribution in [0.15, 0.2) is 79.1 Å². The predicted molar refractivity (Wildman–Crippen MR) is 218 cm³/mol. The second-order valence-electron chi connectivity index (χ2n) is 15.2. The molecule has 16 nitrogen and oxygen atoms in total. The fourth-order valence-corrected chi connectivity index (χ4v) is 8.10. The van der Waals surface area contributed by atoms with Crippen LogP contribution >= 0.6 is 0 Å². The predicted octanol–water partition coefficient (Wildman–Crippen LogP) is 6.37. The number of rotatable bonds is 10. The molecule has 3 aromatic heterocycles.